The number of hydrogen-bond acceptors (Lipinski definition) is 2. The van der Waals surface area contributed by atoms with Crippen molar-refractivity contribution in [3.63, 3.8) is 0 Å². The number of halogens is 1. The van der Waals surface area contributed by atoms with Crippen molar-refractivity contribution in [3.05, 3.63) is 35.1 Å². The van der Waals surface area contributed by atoms with Crippen LogP contribution in [0.15, 0.2) is 18.2 Å². The van der Waals surface area contributed by atoms with Crippen LogP contribution in [0, 0.1) is 5.82 Å². The Bertz CT molecular complexity index is 460. The van der Waals surface area contributed by atoms with E-state index in [2.05, 4.69) is 0 Å². The van der Waals surface area contributed by atoms with Crippen LogP contribution in [0.4, 0.5) is 4.39 Å². The summed E-state index contributed by atoms with van der Waals surface area (Å²) >= 11 is 0. The van der Waals surface area contributed by atoms with Crippen molar-refractivity contribution in [2.75, 3.05) is 6.54 Å². The van der Waals surface area contributed by atoms with Gasteiger partial charge >= 0.3 is 0 Å². The molecule has 84 valence electrons. The standard InChI is InChI=1S/C12H13FN2O/c13-9-3-1-2-8-7(9)4-5-15-11(16)6-10(14)12(8)15/h1-3,10,12H,4-6,14H2. The number of hydrogen-bond donors (Lipinski definition) is 1. The lowest BCUT2D eigenvalue weighted by molar-refractivity contribution is -0.129. The summed E-state index contributed by atoms with van der Waals surface area (Å²) in [5.74, 6) is -0.0869. The van der Waals surface area contributed by atoms with Gasteiger partial charge in [-0.05, 0) is 23.6 Å². The van der Waals surface area contributed by atoms with Crippen LogP contribution in [0.1, 0.15) is 23.6 Å². The van der Waals surface area contributed by atoms with Gasteiger partial charge in [-0.1, -0.05) is 12.1 Å². The molecule has 0 radical (unpaired) electrons. The van der Waals surface area contributed by atoms with Crippen molar-refractivity contribution in [1.29, 1.82) is 0 Å². The van der Waals surface area contributed by atoms with E-state index < -0.39 is 0 Å². The Morgan fingerprint density at radius 3 is 3.06 bits per heavy atom. The average Bonchev–Trinajstić information content (AvgIpc) is 2.55. The fourth-order valence-electron chi connectivity index (χ4n) is 2.83. The summed E-state index contributed by atoms with van der Waals surface area (Å²) in [5, 5.41) is 0. The summed E-state index contributed by atoms with van der Waals surface area (Å²) in [6.45, 7) is 0.588. The van der Waals surface area contributed by atoms with Crippen LogP contribution in [-0.2, 0) is 11.2 Å². The van der Waals surface area contributed by atoms with Crippen LogP contribution in [-0.4, -0.2) is 23.4 Å². The van der Waals surface area contributed by atoms with Crippen molar-refractivity contribution in [1.82, 2.24) is 4.90 Å². The zero-order valence-electron chi connectivity index (χ0n) is 8.82. The molecule has 4 heteroatoms. The third-order valence-corrected chi connectivity index (χ3v) is 3.55. The van der Waals surface area contributed by atoms with Gasteiger partial charge in [0.25, 0.3) is 0 Å². The molecular formula is C12H13FN2O. The van der Waals surface area contributed by atoms with E-state index in [9.17, 15) is 9.18 Å². The minimum Gasteiger partial charge on any atom is -0.334 e. The minimum absolute atomic E-state index is 0.0902. The van der Waals surface area contributed by atoms with Gasteiger partial charge in [0.15, 0.2) is 0 Å². The van der Waals surface area contributed by atoms with E-state index in [0.717, 1.165) is 11.1 Å². The Labute approximate surface area is 93.0 Å². The van der Waals surface area contributed by atoms with Crippen LogP contribution < -0.4 is 5.73 Å². The van der Waals surface area contributed by atoms with E-state index in [1.807, 2.05) is 6.07 Å². The Balaban J connectivity index is 2.12. The molecule has 1 amide bonds. The molecule has 3 nitrogen and oxygen atoms in total. The van der Waals surface area contributed by atoms with Crippen molar-refractivity contribution in [2.45, 2.75) is 24.9 Å². The first kappa shape index (κ1) is 9.78. The molecule has 2 atom stereocenters. The normalized spacial score (nSPS) is 27.9. The molecule has 3 rings (SSSR count). The van der Waals surface area contributed by atoms with E-state index in [1.165, 1.54) is 6.07 Å². The lowest BCUT2D eigenvalue weighted by atomic mass is 9.90. The van der Waals surface area contributed by atoms with E-state index in [0.29, 0.717) is 19.4 Å². The maximum Gasteiger partial charge on any atom is 0.224 e. The van der Waals surface area contributed by atoms with Crippen molar-refractivity contribution < 1.29 is 9.18 Å². The molecule has 0 spiro atoms. The molecule has 1 fully saturated rings. The molecule has 2 aliphatic heterocycles. The monoisotopic (exact) mass is 220 g/mol. The maximum absolute atomic E-state index is 13.6. The first-order chi connectivity index (χ1) is 7.68. The van der Waals surface area contributed by atoms with E-state index in [4.69, 9.17) is 5.73 Å². The van der Waals surface area contributed by atoms with E-state index in [1.54, 1.807) is 11.0 Å². The predicted octanol–water partition coefficient (Wildman–Crippen LogP) is 0.982. The highest BCUT2D eigenvalue weighted by atomic mass is 19.1. The SMILES string of the molecule is NC1CC(=O)N2CCc3c(F)cccc3C12. The second-order valence-electron chi connectivity index (χ2n) is 4.46. The first-order valence-electron chi connectivity index (χ1n) is 5.51. The van der Waals surface area contributed by atoms with Gasteiger partial charge in [0.2, 0.25) is 5.91 Å². The molecule has 1 saturated heterocycles. The second kappa shape index (κ2) is 3.28. The van der Waals surface area contributed by atoms with Gasteiger partial charge in [-0.2, -0.15) is 0 Å². The Morgan fingerprint density at radius 2 is 2.25 bits per heavy atom. The Kier molecular flexibility index (Phi) is 2.01. The number of nitrogens with zero attached hydrogens (tertiary/aromatic N) is 1. The Hall–Kier alpha value is -1.42. The quantitative estimate of drug-likeness (QED) is 0.708. The highest BCUT2D eigenvalue weighted by molar-refractivity contribution is 5.81. The zero-order chi connectivity index (χ0) is 11.3. The van der Waals surface area contributed by atoms with Gasteiger partial charge in [0, 0.05) is 19.0 Å². The molecule has 1 aromatic carbocycles. The van der Waals surface area contributed by atoms with Crippen molar-refractivity contribution >= 4 is 5.91 Å². The third-order valence-electron chi connectivity index (χ3n) is 3.55. The molecule has 0 bridgehead atoms. The number of carbonyl (C=O) groups is 1. The van der Waals surface area contributed by atoms with Crippen molar-refractivity contribution in [2.24, 2.45) is 5.73 Å². The van der Waals surface area contributed by atoms with Gasteiger partial charge in [-0.15, -0.1) is 0 Å². The van der Waals surface area contributed by atoms with E-state index >= 15 is 0 Å². The number of nitrogens with two attached hydrogens (primary N) is 1. The number of benzene rings is 1. The topological polar surface area (TPSA) is 46.3 Å². The highest BCUT2D eigenvalue weighted by Gasteiger charge is 2.42. The fraction of sp³-hybridized carbons (Fsp3) is 0.417. The number of carbonyl (C=O) groups excluding carboxylic acids is 1. The van der Waals surface area contributed by atoms with Gasteiger partial charge in [-0.3, -0.25) is 4.79 Å². The van der Waals surface area contributed by atoms with Crippen LogP contribution >= 0.6 is 0 Å². The van der Waals surface area contributed by atoms with Gasteiger partial charge in [-0.25, -0.2) is 4.39 Å². The van der Waals surface area contributed by atoms with Gasteiger partial charge in [0.05, 0.1) is 6.04 Å². The molecule has 2 heterocycles. The molecule has 2 unspecified atom stereocenters. The lowest BCUT2D eigenvalue weighted by Crippen LogP contribution is -2.38. The number of rotatable bonds is 0. The second-order valence-corrected chi connectivity index (χ2v) is 4.46. The summed E-state index contributed by atoms with van der Waals surface area (Å²) in [7, 11) is 0. The zero-order valence-corrected chi connectivity index (χ0v) is 8.82. The fourth-order valence-corrected chi connectivity index (χ4v) is 2.83. The number of amides is 1. The first-order valence-corrected chi connectivity index (χ1v) is 5.51. The molecule has 2 aliphatic rings. The smallest absolute Gasteiger partial charge is 0.224 e. The van der Waals surface area contributed by atoms with Crippen LogP contribution in [0.25, 0.3) is 0 Å². The average molecular weight is 220 g/mol. The summed E-state index contributed by atoms with van der Waals surface area (Å²) in [5.41, 5.74) is 7.58. The third kappa shape index (κ3) is 1.19. The summed E-state index contributed by atoms with van der Waals surface area (Å²) in [6, 6.07) is 4.72. The van der Waals surface area contributed by atoms with Gasteiger partial charge < -0.3 is 10.6 Å². The van der Waals surface area contributed by atoms with E-state index in [-0.39, 0.29) is 23.8 Å². The van der Waals surface area contributed by atoms with Crippen molar-refractivity contribution in [3.8, 4) is 0 Å². The minimum atomic E-state index is -0.201. The molecule has 0 aromatic heterocycles. The summed E-state index contributed by atoms with van der Waals surface area (Å²) < 4.78 is 13.6. The Morgan fingerprint density at radius 1 is 1.44 bits per heavy atom. The predicted molar refractivity (Wildman–Crippen MR) is 57.2 cm³/mol. The van der Waals surface area contributed by atoms with Gasteiger partial charge in [0.1, 0.15) is 5.82 Å². The molecular weight excluding hydrogens is 207 g/mol. The molecule has 0 saturated carbocycles. The summed E-state index contributed by atoms with van der Waals surface area (Å²) in [6.07, 6.45) is 0.970. The highest BCUT2D eigenvalue weighted by Crippen LogP contribution is 2.38. The molecule has 16 heavy (non-hydrogen) atoms. The van der Waals surface area contributed by atoms with Crippen LogP contribution in [0.2, 0.25) is 0 Å². The molecule has 0 aliphatic carbocycles. The van der Waals surface area contributed by atoms with Crippen LogP contribution in [0.5, 0.6) is 0 Å². The molecule has 1 aromatic rings. The largest absolute Gasteiger partial charge is 0.334 e. The lowest BCUT2D eigenvalue weighted by Gasteiger charge is -2.33. The van der Waals surface area contributed by atoms with Crippen LogP contribution in [0.3, 0.4) is 0 Å². The molecule has 2 N–H and O–H groups in total. The number of fused-ring (bicyclic) bond motifs is 3. The summed E-state index contributed by atoms with van der Waals surface area (Å²) in [4.78, 5) is 13.5. The maximum atomic E-state index is 13.6.